The molecule has 105 heavy (non-hydrogen) atoms. The summed E-state index contributed by atoms with van der Waals surface area (Å²) in [5.41, 5.74) is -9.03. The van der Waals surface area contributed by atoms with Crippen LogP contribution in [-0.4, -0.2) is 93.2 Å². The molecule has 0 unspecified atom stereocenters. The van der Waals surface area contributed by atoms with Gasteiger partial charge in [0.05, 0.1) is 47.2 Å². The summed E-state index contributed by atoms with van der Waals surface area (Å²) in [6.07, 6.45) is -7.80. The summed E-state index contributed by atoms with van der Waals surface area (Å²) >= 11 is 0. The van der Waals surface area contributed by atoms with Gasteiger partial charge >= 0.3 is 24.3 Å². The number of aromatic nitrogens is 2. The molecule has 3 heterocycles. The molecule has 0 radical (unpaired) electrons. The molecule has 1 aliphatic carbocycles. The zero-order valence-corrected chi connectivity index (χ0v) is 60.4. The van der Waals surface area contributed by atoms with Crippen molar-refractivity contribution in [3.8, 4) is 22.3 Å². The van der Waals surface area contributed by atoms with Crippen LogP contribution in [0.15, 0.2) is 64.4 Å². The number of carbonyl (C=O) groups excluding carboxylic acids is 2. The van der Waals surface area contributed by atoms with Crippen LogP contribution < -0.4 is 21.8 Å². The largest absolute Gasteiger partial charge is 0.481 e. The Morgan fingerprint density at radius 1 is 0.543 bits per heavy atom. The first kappa shape index (κ1) is 83.8. The molecule has 29 heteroatoms. The van der Waals surface area contributed by atoms with Gasteiger partial charge < -0.3 is 39.8 Å². The molecular weight excluding hydrogens is 1410 g/mol. The highest BCUT2D eigenvalue weighted by molar-refractivity contribution is 5.84. The molecule has 0 bridgehead atoms. The fourth-order valence-electron chi connectivity index (χ4n) is 13.6. The lowest BCUT2D eigenvalue weighted by atomic mass is 9.87. The minimum atomic E-state index is -4.90. The Bertz CT molecular complexity index is 4350. The maximum absolute atomic E-state index is 16.8. The summed E-state index contributed by atoms with van der Waals surface area (Å²) in [6.45, 7) is 16.8. The fraction of sp³-hybridized carbons (Fsp3) is 0.500. The molecule has 6 aromatic rings. The van der Waals surface area contributed by atoms with Crippen molar-refractivity contribution in [1.82, 2.24) is 29.6 Å². The zero-order valence-electron chi connectivity index (χ0n) is 60.4. The maximum atomic E-state index is 16.8. The van der Waals surface area contributed by atoms with Crippen LogP contribution >= 0.6 is 0 Å². The summed E-state index contributed by atoms with van der Waals surface area (Å²) in [5.74, 6) is -21.2. The van der Waals surface area contributed by atoms with E-state index in [0.717, 1.165) is 46.4 Å². The number of nitrogens with zero attached hydrogens (tertiary/aromatic N) is 4. The second-order valence-electron chi connectivity index (χ2n) is 28.8. The Kier molecular flexibility index (Phi) is 26.4. The maximum Gasteiger partial charge on any atom is 0.416 e. The fourth-order valence-corrected chi connectivity index (χ4v) is 13.6. The van der Waals surface area contributed by atoms with Crippen LogP contribution in [0.25, 0.3) is 22.3 Å². The molecule has 8 rings (SSSR count). The molecule has 4 aromatic carbocycles. The van der Waals surface area contributed by atoms with E-state index < -0.39 is 176 Å². The van der Waals surface area contributed by atoms with Gasteiger partial charge in [-0.05, 0) is 205 Å². The number of nitrogens with one attached hydrogen (secondary N) is 2. The topological polar surface area (TPSA) is 183 Å². The van der Waals surface area contributed by atoms with Crippen molar-refractivity contribution in [2.45, 2.75) is 195 Å². The highest BCUT2D eigenvalue weighted by Gasteiger charge is 2.43. The first-order valence-electron chi connectivity index (χ1n) is 34.3. The third-order valence-electron chi connectivity index (χ3n) is 18.8. The second-order valence-corrected chi connectivity index (χ2v) is 28.8. The highest BCUT2D eigenvalue weighted by atomic mass is 19.4. The normalized spacial score (nSPS) is 15.0. The van der Waals surface area contributed by atoms with E-state index in [1.807, 2.05) is 4.90 Å². The molecule has 1 saturated heterocycles. The van der Waals surface area contributed by atoms with Gasteiger partial charge in [-0.2, -0.15) is 26.3 Å². The number of alkyl halides is 10. The van der Waals surface area contributed by atoms with Gasteiger partial charge in [0, 0.05) is 67.2 Å². The molecule has 4 N–H and O–H groups in total. The van der Waals surface area contributed by atoms with Gasteiger partial charge in [-0.15, -0.1) is 0 Å². The van der Waals surface area contributed by atoms with Crippen LogP contribution in [0.1, 0.15) is 201 Å². The van der Waals surface area contributed by atoms with Crippen molar-refractivity contribution in [3.05, 3.63) is 183 Å². The van der Waals surface area contributed by atoms with Gasteiger partial charge in [-0.25, -0.2) is 39.5 Å². The minimum Gasteiger partial charge on any atom is -0.481 e. The van der Waals surface area contributed by atoms with E-state index in [2.05, 4.69) is 10.6 Å². The number of aryl methyl sites for hydroxylation is 5. The number of pyridine rings is 2. The number of carboxylic acid groups (broad SMARTS) is 2. The molecule has 1 aliphatic heterocycles. The quantitative estimate of drug-likeness (QED) is 0.0345. The second kappa shape index (κ2) is 33.1. The monoisotopic (exact) mass is 1500 g/mol. The van der Waals surface area contributed by atoms with Gasteiger partial charge in [0.2, 0.25) is 11.8 Å². The summed E-state index contributed by atoms with van der Waals surface area (Å²) in [6, 6.07) is -0.491. The van der Waals surface area contributed by atoms with Gasteiger partial charge in [0.25, 0.3) is 23.0 Å². The lowest BCUT2D eigenvalue weighted by molar-refractivity contribution is -0.139. The number of halogens is 15. The minimum absolute atomic E-state index is 0.108. The van der Waals surface area contributed by atoms with Gasteiger partial charge in [-0.3, -0.25) is 28.8 Å². The van der Waals surface area contributed by atoms with E-state index in [-0.39, 0.29) is 83.5 Å². The van der Waals surface area contributed by atoms with Crippen molar-refractivity contribution in [2.24, 2.45) is 11.8 Å². The predicted octanol–water partition coefficient (Wildman–Crippen LogP) is 17.0. The summed E-state index contributed by atoms with van der Waals surface area (Å²) < 4.78 is 226. The highest BCUT2D eigenvalue weighted by Crippen LogP contribution is 2.47. The first-order valence-corrected chi connectivity index (χ1v) is 34.3. The Morgan fingerprint density at radius 3 is 1.30 bits per heavy atom. The van der Waals surface area contributed by atoms with Gasteiger partial charge in [-0.1, -0.05) is 45.9 Å². The Hall–Kier alpha value is -8.47. The number of rotatable bonds is 28. The van der Waals surface area contributed by atoms with Crippen LogP contribution in [0, 0.1) is 75.5 Å². The van der Waals surface area contributed by atoms with Crippen LogP contribution in [0.3, 0.4) is 0 Å². The molecule has 2 aliphatic rings. The lowest BCUT2D eigenvalue weighted by Crippen LogP contribution is -2.41. The number of benzene rings is 4. The molecule has 2 amide bonds. The van der Waals surface area contributed by atoms with Crippen LogP contribution in [0.4, 0.5) is 65.9 Å². The van der Waals surface area contributed by atoms with Crippen LogP contribution in [-0.2, 0) is 56.2 Å². The summed E-state index contributed by atoms with van der Waals surface area (Å²) in [5, 5.41) is 24.1. The molecule has 574 valence electrons. The number of hydrogen-bond acceptors (Lipinski definition) is 8. The number of hydrogen-bond donors (Lipinski definition) is 4. The first-order chi connectivity index (χ1) is 48.5. The summed E-state index contributed by atoms with van der Waals surface area (Å²) in [4.78, 5) is 82.4. The van der Waals surface area contributed by atoms with Gasteiger partial charge in [0.1, 0.15) is 41.2 Å². The van der Waals surface area contributed by atoms with E-state index in [0.29, 0.717) is 74.8 Å². The standard InChI is InChI=1S/C39H46F7N3O4.C37H41F8N3O4/c1-20(2)13-30(49-19-24(9-8-12-48(6)7)27(17-31(49)50)39(44,45)46)37(53)47-29(18-32(51)52)34-35(40)26(16-28(36(34)41)38(5,42)43)33-21(3)14-25(15-22(33)4)23-10-11-23;1-18(2)12-27(48-17-22(8-11-47-9-7-10-47)24(15-28(48)49)37(43,44)45)35(52)46-26(16-29(50)51)31-33(39)23(14-25(34(31)40)36(6,41)42)30-19(3)13-20(4)32(38)21(30)5/h14-17,19-20,23,29-30H,8-13,18H2,1-7H3,(H,47,53)(H,51,52);13-15,17-18,26-27H,7-12,16H2,1-6H3,(H,46,52)(H,50,51)/t29-,30-;26-,27-/m00/s1. The molecule has 2 fully saturated rings. The van der Waals surface area contributed by atoms with Crippen molar-refractivity contribution in [2.75, 3.05) is 40.3 Å². The number of amides is 2. The number of likely N-dealkylation sites (tertiary alicyclic amines) is 1. The lowest BCUT2D eigenvalue weighted by Gasteiger charge is -2.31. The predicted molar refractivity (Wildman–Crippen MR) is 365 cm³/mol. The van der Waals surface area contributed by atoms with E-state index in [4.69, 9.17) is 0 Å². The van der Waals surface area contributed by atoms with Crippen molar-refractivity contribution >= 4 is 23.8 Å². The smallest absolute Gasteiger partial charge is 0.416 e. The van der Waals surface area contributed by atoms with Crippen molar-refractivity contribution < 1.29 is 95.2 Å². The number of carbonyl (C=O) groups is 4. The van der Waals surface area contributed by atoms with E-state index in [1.165, 1.54) is 26.8 Å². The summed E-state index contributed by atoms with van der Waals surface area (Å²) in [7, 11) is 3.47. The van der Waals surface area contributed by atoms with Crippen LogP contribution in [0.5, 0.6) is 0 Å². The molecular formula is C76H87F15N6O8. The van der Waals surface area contributed by atoms with Crippen molar-refractivity contribution in [1.29, 1.82) is 0 Å². The Balaban J connectivity index is 0.000000293. The molecule has 4 atom stereocenters. The molecule has 1 saturated carbocycles. The zero-order chi connectivity index (χ0) is 78.8. The average molecular weight is 1500 g/mol. The van der Waals surface area contributed by atoms with Crippen molar-refractivity contribution in [3.63, 3.8) is 0 Å². The number of carboxylic acids is 2. The number of aliphatic carboxylic acids is 2. The molecule has 0 spiro atoms. The SMILES string of the molecule is Cc1cc(C)c(-c2cc(C(C)(F)F)c(F)c([C@H](CC(=O)O)NC(=O)[C@H](CC(C)C)n3cc(CCN4CCC4)c(C(F)(F)F)cc3=O)c2F)c(C)c1F.Cc1cc(C2CC2)cc(C)c1-c1cc(C(C)(F)F)c(F)c([C@H](CC(=O)O)NC(=O)[C@H](CC(C)C)n2cc(CCCN(C)C)c(C(F)(F)F)cc2=O)c1F. The molecule has 2 aromatic heterocycles. The van der Waals surface area contributed by atoms with E-state index >= 15 is 30.7 Å². The van der Waals surface area contributed by atoms with Crippen LogP contribution in [0.2, 0.25) is 0 Å². The van der Waals surface area contributed by atoms with E-state index in [9.17, 15) is 74.1 Å². The Morgan fingerprint density at radius 2 is 0.943 bits per heavy atom. The van der Waals surface area contributed by atoms with E-state index in [1.54, 1.807) is 72.7 Å². The third kappa shape index (κ3) is 20.2. The Labute approximate surface area is 598 Å². The van der Waals surface area contributed by atoms with Gasteiger partial charge in [0.15, 0.2) is 0 Å². The third-order valence-corrected chi connectivity index (χ3v) is 18.8. The average Bonchev–Trinajstić information content (AvgIpc) is 1.19. The molecule has 14 nitrogen and oxygen atoms in total.